The Bertz CT molecular complexity index is 1240. The number of phenols is 1. The van der Waals surface area contributed by atoms with Crippen LogP contribution in [0.25, 0.3) is 0 Å². The van der Waals surface area contributed by atoms with E-state index in [0.29, 0.717) is 11.1 Å². The number of carbonyl (C=O) groups excluding carboxylic acids is 4. The summed E-state index contributed by atoms with van der Waals surface area (Å²) in [7, 11) is 0. The molecule has 0 aliphatic carbocycles. The Morgan fingerprint density at radius 3 is 1.78 bits per heavy atom. The summed E-state index contributed by atoms with van der Waals surface area (Å²) in [5.41, 5.74) is 11.9. The highest BCUT2D eigenvalue weighted by Crippen LogP contribution is 2.13. The molecule has 0 aromatic heterocycles. The van der Waals surface area contributed by atoms with E-state index in [1.807, 2.05) is 0 Å². The second-order valence-electron chi connectivity index (χ2n) is 9.29. The molecule has 2 aromatic carbocycles. The molecule has 2 aromatic rings. The van der Waals surface area contributed by atoms with Crippen LogP contribution in [0.4, 0.5) is 0 Å². The number of nitrogens with one attached hydrogen (secondary N) is 3. The minimum Gasteiger partial charge on any atom is -0.508 e. The number of carbonyl (C=O) groups is 6. The maximum Gasteiger partial charge on any atom is 0.326 e. The monoisotopic (exact) mass is 571 g/mol. The van der Waals surface area contributed by atoms with E-state index < -0.39 is 66.2 Å². The number of primary amides is 1. The fraction of sp³-hybridized carbons (Fsp3) is 0.333. The van der Waals surface area contributed by atoms with E-state index in [0.717, 1.165) is 0 Å². The first-order valence-corrected chi connectivity index (χ1v) is 12.6. The maximum atomic E-state index is 13.3. The molecule has 0 aliphatic rings. The zero-order chi connectivity index (χ0) is 30.5. The van der Waals surface area contributed by atoms with E-state index in [1.165, 1.54) is 24.3 Å². The van der Waals surface area contributed by atoms with Gasteiger partial charge in [0, 0.05) is 19.3 Å². The van der Waals surface area contributed by atoms with Gasteiger partial charge in [0.05, 0.1) is 12.5 Å². The quantitative estimate of drug-likeness (QED) is 0.119. The molecule has 0 aliphatic heterocycles. The highest BCUT2D eigenvalue weighted by atomic mass is 16.4. The Kier molecular flexibility index (Phi) is 12.2. The van der Waals surface area contributed by atoms with Crippen LogP contribution in [0.3, 0.4) is 0 Å². The number of aromatic hydroxyl groups is 1. The number of hydrogen-bond donors (Lipinski definition) is 8. The molecule has 4 amide bonds. The summed E-state index contributed by atoms with van der Waals surface area (Å²) in [4.78, 5) is 73.2. The molecule has 14 nitrogen and oxygen atoms in total. The van der Waals surface area contributed by atoms with Crippen LogP contribution in [-0.2, 0) is 41.6 Å². The van der Waals surface area contributed by atoms with Gasteiger partial charge < -0.3 is 42.7 Å². The normalized spacial score (nSPS) is 13.6. The Morgan fingerprint density at radius 1 is 0.707 bits per heavy atom. The third-order valence-electron chi connectivity index (χ3n) is 5.95. The summed E-state index contributed by atoms with van der Waals surface area (Å²) in [6, 6.07) is 8.67. The van der Waals surface area contributed by atoms with Gasteiger partial charge in [-0.1, -0.05) is 42.5 Å². The van der Waals surface area contributed by atoms with Crippen molar-refractivity contribution in [1.82, 2.24) is 16.0 Å². The molecule has 0 spiro atoms. The van der Waals surface area contributed by atoms with E-state index in [2.05, 4.69) is 16.0 Å². The predicted molar refractivity (Wildman–Crippen MR) is 144 cm³/mol. The van der Waals surface area contributed by atoms with Crippen LogP contribution in [0.2, 0.25) is 0 Å². The molecule has 0 heterocycles. The topological polar surface area (TPSA) is 251 Å². The summed E-state index contributed by atoms with van der Waals surface area (Å²) in [5.74, 6) is -6.23. The molecule has 4 unspecified atom stereocenters. The van der Waals surface area contributed by atoms with Crippen molar-refractivity contribution in [3.63, 3.8) is 0 Å². The van der Waals surface area contributed by atoms with Crippen molar-refractivity contribution < 1.29 is 44.1 Å². The SMILES string of the molecule is NC(=O)CCC(NC(=O)C(N)CC(=O)O)C(=O)NC(Cc1ccc(O)cc1)C(=O)NC(Cc1ccccc1)C(=O)O. The minimum absolute atomic E-state index is 0.0411. The van der Waals surface area contributed by atoms with E-state index in [9.17, 15) is 39.0 Å². The molecule has 2 rings (SSSR count). The van der Waals surface area contributed by atoms with Crippen LogP contribution < -0.4 is 27.4 Å². The van der Waals surface area contributed by atoms with E-state index in [-0.39, 0.29) is 31.4 Å². The van der Waals surface area contributed by atoms with Crippen LogP contribution in [0, 0.1) is 0 Å². The van der Waals surface area contributed by atoms with Crippen LogP contribution in [-0.4, -0.2) is 75.1 Å². The number of carboxylic acids is 2. The zero-order valence-corrected chi connectivity index (χ0v) is 22.0. The molecule has 10 N–H and O–H groups in total. The number of aliphatic carboxylic acids is 2. The highest BCUT2D eigenvalue weighted by molar-refractivity contribution is 5.95. The van der Waals surface area contributed by atoms with Crippen molar-refractivity contribution in [2.45, 2.75) is 56.3 Å². The van der Waals surface area contributed by atoms with Gasteiger partial charge in [-0.25, -0.2) is 4.79 Å². The van der Waals surface area contributed by atoms with Gasteiger partial charge in [-0.2, -0.15) is 0 Å². The Labute approximate surface area is 235 Å². The third-order valence-corrected chi connectivity index (χ3v) is 5.95. The molecule has 220 valence electrons. The zero-order valence-electron chi connectivity index (χ0n) is 22.0. The van der Waals surface area contributed by atoms with Crippen molar-refractivity contribution in [1.29, 1.82) is 0 Å². The Hall–Kier alpha value is -4.98. The molecule has 4 atom stereocenters. The van der Waals surface area contributed by atoms with E-state index in [4.69, 9.17) is 16.6 Å². The number of hydrogen-bond acceptors (Lipinski definition) is 8. The maximum absolute atomic E-state index is 13.3. The fourth-order valence-electron chi connectivity index (χ4n) is 3.79. The number of benzene rings is 2. The standard InChI is InChI=1S/C27H33N5O9/c28-18(14-23(35)36)24(37)30-19(10-11-22(29)34)25(38)31-20(12-16-6-8-17(33)9-7-16)26(39)32-21(27(40)41)13-15-4-2-1-3-5-15/h1-9,18-21,33H,10-14,28H2,(H2,29,34)(H,30,37)(H,31,38)(H,32,39)(H,35,36)(H,40,41). The van der Waals surface area contributed by atoms with Gasteiger partial charge in [-0.05, 0) is 29.7 Å². The first-order chi connectivity index (χ1) is 19.3. The van der Waals surface area contributed by atoms with Gasteiger partial charge in [0.15, 0.2) is 0 Å². The first kappa shape index (κ1) is 32.2. The lowest BCUT2D eigenvalue weighted by molar-refractivity contribution is -0.142. The van der Waals surface area contributed by atoms with Gasteiger partial charge in [0.25, 0.3) is 0 Å². The van der Waals surface area contributed by atoms with Gasteiger partial charge in [0.1, 0.15) is 23.9 Å². The average Bonchev–Trinajstić information content (AvgIpc) is 2.91. The fourth-order valence-corrected chi connectivity index (χ4v) is 3.79. The molecular weight excluding hydrogens is 538 g/mol. The molecule has 0 saturated heterocycles. The Balaban J connectivity index is 2.28. The molecule has 0 bridgehead atoms. The van der Waals surface area contributed by atoms with Gasteiger partial charge in [-0.15, -0.1) is 0 Å². The number of rotatable bonds is 16. The minimum atomic E-state index is -1.50. The summed E-state index contributed by atoms with van der Waals surface area (Å²) in [5, 5.41) is 35.4. The smallest absolute Gasteiger partial charge is 0.326 e. The predicted octanol–water partition coefficient (Wildman–Crippen LogP) is -1.22. The van der Waals surface area contributed by atoms with Crippen molar-refractivity contribution in [3.05, 3.63) is 65.7 Å². The lowest BCUT2D eigenvalue weighted by atomic mass is 10.0. The van der Waals surface area contributed by atoms with Crippen molar-refractivity contribution in [2.24, 2.45) is 11.5 Å². The van der Waals surface area contributed by atoms with Crippen molar-refractivity contribution in [2.75, 3.05) is 0 Å². The van der Waals surface area contributed by atoms with Gasteiger partial charge in [-0.3, -0.25) is 24.0 Å². The molecular formula is C27H33N5O9. The Morgan fingerprint density at radius 2 is 1.22 bits per heavy atom. The van der Waals surface area contributed by atoms with Crippen LogP contribution in [0.5, 0.6) is 5.75 Å². The molecule has 0 saturated carbocycles. The second-order valence-corrected chi connectivity index (χ2v) is 9.29. The van der Waals surface area contributed by atoms with Gasteiger partial charge >= 0.3 is 11.9 Å². The summed E-state index contributed by atoms with van der Waals surface area (Å²) >= 11 is 0. The second kappa shape index (κ2) is 15.6. The molecule has 0 radical (unpaired) electrons. The summed E-state index contributed by atoms with van der Waals surface area (Å²) in [6.45, 7) is 0. The molecule has 0 fully saturated rings. The summed E-state index contributed by atoms with van der Waals surface area (Å²) in [6.07, 6.45) is -1.52. The largest absolute Gasteiger partial charge is 0.508 e. The lowest BCUT2D eigenvalue weighted by Crippen LogP contribution is -2.58. The van der Waals surface area contributed by atoms with Crippen LogP contribution >= 0.6 is 0 Å². The van der Waals surface area contributed by atoms with Crippen LogP contribution in [0.15, 0.2) is 54.6 Å². The van der Waals surface area contributed by atoms with Crippen LogP contribution in [0.1, 0.15) is 30.4 Å². The van der Waals surface area contributed by atoms with E-state index >= 15 is 0 Å². The number of carboxylic acid groups (broad SMARTS) is 2. The highest BCUT2D eigenvalue weighted by Gasteiger charge is 2.31. The lowest BCUT2D eigenvalue weighted by Gasteiger charge is -2.25. The first-order valence-electron chi connectivity index (χ1n) is 12.6. The molecule has 41 heavy (non-hydrogen) atoms. The average molecular weight is 572 g/mol. The number of nitrogens with two attached hydrogens (primary N) is 2. The molecule has 14 heteroatoms. The van der Waals surface area contributed by atoms with Gasteiger partial charge in [0.2, 0.25) is 23.6 Å². The number of phenolic OH excluding ortho intramolecular Hbond substituents is 1. The van der Waals surface area contributed by atoms with Crippen molar-refractivity contribution in [3.8, 4) is 5.75 Å². The van der Waals surface area contributed by atoms with E-state index in [1.54, 1.807) is 30.3 Å². The third kappa shape index (κ3) is 11.3. The number of amides is 4. The van der Waals surface area contributed by atoms with Crippen molar-refractivity contribution >= 4 is 35.6 Å². The summed E-state index contributed by atoms with van der Waals surface area (Å²) < 4.78 is 0.